The van der Waals surface area contributed by atoms with Crippen LogP contribution in [-0.2, 0) is 11.2 Å². The molecule has 3 rings (SSSR count). The highest BCUT2D eigenvalue weighted by Crippen LogP contribution is 2.33. The van der Waals surface area contributed by atoms with Crippen LogP contribution in [-0.4, -0.2) is 12.5 Å². The summed E-state index contributed by atoms with van der Waals surface area (Å²) in [6.45, 7) is 0.638. The van der Waals surface area contributed by atoms with E-state index in [1.807, 2.05) is 0 Å². The second-order valence-corrected chi connectivity index (χ2v) is 6.19. The van der Waals surface area contributed by atoms with Crippen molar-refractivity contribution in [2.45, 2.75) is 44.6 Å². The zero-order valence-corrected chi connectivity index (χ0v) is 12.0. The van der Waals surface area contributed by atoms with Crippen LogP contribution in [0.2, 0.25) is 0 Å². The predicted octanol–water partition coefficient (Wildman–Crippen LogP) is 2.56. The van der Waals surface area contributed by atoms with E-state index < -0.39 is 0 Å². The maximum Gasteiger partial charge on any atom is 0.223 e. The number of hydrogen-bond donors (Lipinski definition) is 2. The quantitative estimate of drug-likeness (QED) is 0.888. The number of nitrogens with one attached hydrogen (secondary N) is 1. The molecule has 0 aliphatic heterocycles. The summed E-state index contributed by atoms with van der Waals surface area (Å²) in [7, 11) is 0. The fraction of sp³-hybridized carbons (Fsp3) is 0.588. The first-order chi connectivity index (χ1) is 9.79. The van der Waals surface area contributed by atoms with Crippen LogP contribution in [0.4, 0.5) is 0 Å². The maximum absolute atomic E-state index is 12.6. The molecule has 1 aromatic rings. The van der Waals surface area contributed by atoms with E-state index in [1.165, 1.54) is 17.5 Å². The molecule has 20 heavy (non-hydrogen) atoms. The van der Waals surface area contributed by atoms with Crippen molar-refractivity contribution in [1.29, 1.82) is 0 Å². The second kappa shape index (κ2) is 5.96. The molecule has 0 heterocycles. The van der Waals surface area contributed by atoms with E-state index in [1.54, 1.807) is 0 Å². The van der Waals surface area contributed by atoms with Crippen molar-refractivity contribution in [2.24, 2.45) is 17.6 Å². The van der Waals surface area contributed by atoms with E-state index in [2.05, 4.69) is 29.6 Å². The van der Waals surface area contributed by atoms with Gasteiger partial charge in [0.1, 0.15) is 0 Å². The first kappa shape index (κ1) is 13.6. The van der Waals surface area contributed by atoms with Gasteiger partial charge >= 0.3 is 0 Å². The summed E-state index contributed by atoms with van der Waals surface area (Å²) >= 11 is 0. The number of benzene rings is 1. The molecule has 1 amide bonds. The molecule has 0 spiro atoms. The van der Waals surface area contributed by atoms with Gasteiger partial charge in [-0.1, -0.05) is 37.1 Å². The van der Waals surface area contributed by atoms with Gasteiger partial charge in [-0.2, -0.15) is 0 Å². The second-order valence-electron chi connectivity index (χ2n) is 6.19. The summed E-state index contributed by atoms with van der Waals surface area (Å²) in [6, 6.07) is 8.67. The molecule has 0 bridgehead atoms. The highest BCUT2D eigenvalue weighted by atomic mass is 16.2. The summed E-state index contributed by atoms with van der Waals surface area (Å²) in [6.07, 6.45) is 6.60. The van der Waals surface area contributed by atoms with E-state index >= 15 is 0 Å². The molecule has 3 unspecified atom stereocenters. The number of hydrogen-bond acceptors (Lipinski definition) is 2. The first-order valence-corrected chi connectivity index (χ1v) is 7.88. The summed E-state index contributed by atoms with van der Waals surface area (Å²) in [5.74, 6) is 0.726. The fourth-order valence-corrected chi connectivity index (χ4v) is 3.82. The van der Waals surface area contributed by atoms with Gasteiger partial charge in [-0.25, -0.2) is 0 Å². The van der Waals surface area contributed by atoms with Gasteiger partial charge in [0.15, 0.2) is 0 Å². The van der Waals surface area contributed by atoms with Crippen molar-refractivity contribution in [3.05, 3.63) is 35.4 Å². The van der Waals surface area contributed by atoms with Crippen LogP contribution in [0, 0.1) is 11.8 Å². The van der Waals surface area contributed by atoms with Crippen LogP contribution in [0.5, 0.6) is 0 Å². The minimum Gasteiger partial charge on any atom is -0.349 e. The number of rotatable bonds is 3. The molecule has 2 aliphatic carbocycles. The Labute approximate surface area is 120 Å². The third-order valence-corrected chi connectivity index (χ3v) is 5.00. The Morgan fingerprint density at radius 1 is 1.20 bits per heavy atom. The summed E-state index contributed by atoms with van der Waals surface area (Å²) in [5, 5.41) is 3.27. The average Bonchev–Trinajstić information content (AvgIpc) is 2.90. The molecule has 3 nitrogen and oxygen atoms in total. The Bertz CT molecular complexity index is 486. The van der Waals surface area contributed by atoms with Crippen molar-refractivity contribution in [3.8, 4) is 0 Å². The summed E-state index contributed by atoms with van der Waals surface area (Å²) in [5.41, 5.74) is 8.53. The van der Waals surface area contributed by atoms with E-state index in [0.29, 0.717) is 12.5 Å². The zero-order chi connectivity index (χ0) is 13.9. The van der Waals surface area contributed by atoms with Crippen molar-refractivity contribution in [2.75, 3.05) is 6.54 Å². The number of aryl methyl sites for hydroxylation is 1. The van der Waals surface area contributed by atoms with E-state index in [4.69, 9.17) is 5.73 Å². The Balaban J connectivity index is 1.67. The fourth-order valence-electron chi connectivity index (χ4n) is 3.82. The highest BCUT2D eigenvalue weighted by Gasteiger charge is 2.32. The van der Waals surface area contributed by atoms with Gasteiger partial charge in [-0.15, -0.1) is 0 Å². The molecular formula is C17H24N2O. The smallest absolute Gasteiger partial charge is 0.223 e. The van der Waals surface area contributed by atoms with Crippen LogP contribution < -0.4 is 11.1 Å². The van der Waals surface area contributed by atoms with Gasteiger partial charge in [0.2, 0.25) is 5.91 Å². The Morgan fingerprint density at radius 2 is 2.00 bits per heavy atom. The lowest BCUT2D eigenvalue weighted by molar-refractivity contribution is -0.128. The number of amides is 1. The zero-order valence-electron chi connectivity index (χ0n) is 12.0. The van der Waals surface area contributed by atoms with E-state index in [9.17, 15) is 4.79 Å². The first-order valence-electron chi connectivity index (χ1n) is 7.88. The topological polar surface area (TPSA) is 55.1 Å². The van der Waals surface area contributed by atoms with Gasteiger partial charge in [-0.3, -0.25) is 4.79 Å². The monoisotopic (exact) mass is 272 g/mol. The van der Waals surface area contributed by atoms with Gasteiger partial charge < -0.3 is 11.1 Å². The maximum atomic E-state index is 12.6. The summed E-state index contributed by atoms with van der Waals surface area (Å²) in [4.78, 5) is 12.6. The highest BCUT2D eigenvalue weighted by molar-refractivity contribution is 5.79. The van der Waals surface area contributed by atoms with Crippen molar-refractivity contribution < 1.29 is 4.79 Å². The predicted molar refractivity (Wildman–Crippen MR) is 80.1 cm³/mol. The van der Waals surface area contributed by atoms with Crippen molar-refractivity contribution >= 4 is 5.91 Å². The number of fused-ring (bicyclic) bond motifs is 1. The van der Waals surface area contributed by atoms with Crippen LogP contribution in [0.25, 0.3) is 0 Å². The number of carbonyl (C=O) groups excluding carboxylic acids is 1. The molecule has 3 heteroatoms. The lowest BCUT2D eigenvalue weighted by Gasteiger charge is -2.30. The molecule has 3 atom stereocenters. The molecule has 1 saturated carbocycles. The molecule has 0 aromatic heterocycles. The largest absolute Gasteiger partial charge is 0.349 e. The van der Waals surface area contributed by atoms with E-state index in [-0.39, 0.29) is 17.9 Å². The van der Waals surface area contributed by atoms with Crippen LogP contribution >= 0.6 is 0 Å². The standard InChI is InChI=1S/C17H24N2O/c18-11-13-6-2-4-8-15(13)17(20)19-16-10-9-12-5-1-3-7-14(12)16/h1,3,5,7,13,15-16H,2,4,6,8-11,18H2,(H,19,20). The normalized spacial score (nSPS) is 28.9. The molecule has 2 aliphatic rings. The Hall–Kier alpha value is -1.35. The number of nitrogens with two attached hydrogens (primary N) is 1. The van der Waals surface area contributed by atoms with Crippen molar-refractivity contribution in [1.82, 2.24) is 5.32 Å². The Morgan fingerprint density at radius 3 is 2.85 bits per heavy atom. The van der Waals surface area contributed by atoms with Gasteiger partial charge in [-0.05, 0) is 49.3 Å². The minimum absolute atomic E-state index is 0.126. The molecule has 0 saturated heterocycles. The van der Waals surface area contributed by atoms with Crippen LogP contribution in [0.3, 0.4) is 0 Å². The molecule has 1 fully saturated rings. The van der Waals surface area contributed by atoms with Crippen LogP contribution in [0.1, 0.15) is 49.3 Å². The van der Waals surface area contributed by atoms with E-state index in [0.717, 1.165) is 32.1 Å². The lowest BCUT2D eigenvalue weighted by Crippen LogP contribution is -2.40. The lowest BCUT2D eigenvalue weighted by atomic mass is 9.78. The van der Waals surface area contributed by atoms with Gasteiger partial charge in [0, 0.05) is 5.92 Å². The Kier molecular flexibility index (Phi) is 4.06. The third kappa shape index (κ3) is 2.59. The number of carbonyl (C=O) groups is 1. The SMILES string of the molecule is NCC1CCCCC1C(=O)NC1CCc2ccccc21. The molecule has 1 aromatic carbocycles. The molecular weight excluding hydrogens is 248 g/mol. The molecule has 108 valence electrons. The van der Waals surface area contributed by atoms with Gasteiger partial charge in [0.05, 0.1) is 6.04 Å². The molecule has 3 N–H and O–H groups in total. The van der Waals surface area contributed by atoms with Crippen molar-refractivity contribution in [3.63, 3.8) is 0 Å². The molecule has 0 radical (unpaired) electrons. The van der Waals surface area contributed by atoms with Gasteiger partial charge in [0.25, 0.3) is 0 Å². The summed E-state index contributed by atoms with van der Waals surface area (Å²) < 4.78 is 0. The average molecular weight is 272 g/mol. The van der Waals surface area contributed by atoms with Crippen LogP contribution in [0.15, 0.2) is 24.3 Å². The minimum atomic E-state index is 0.126. The third-order valence-electron chi connectivity index (χ3n) is 5.00.